The van der Waals surface area contributed by atoms with Crippen molar-refractivity contribution in [3.8, 4) is 0 Å². The summed E-state index contributed by atoms with van der Waals surface area (Å²) in [6, 6.07) is 5.66. The molecule has 1 aromatic carbocycles. The molecule has 0 spiro atoms. The van der Waals surface area contributed by atoms with Crippen LogP contribution in [0.3, 0.4) is 0 Å². The molecule has 2 aliphatic rings. The Morgan fingerprint density at radius 3 is 2.24 bits per heavy atom. The number of hydrogen-bond donors (Lipinski definition) is 1. The molecule has 1 heterocycles. The maximum atomic E-state index is 13.0. The highest BCUT2D eigenvalue weighted by atomic mass is 32.2. The van der Waals surface area contributed by atoms with Crippen molar-refractivity contribution < 1.29 is 23.3 Å². The van der Waals surface area contributed by atoms with Crippen LogP contribution in [0, 0.1) is 17.7 Å². The Morgan fingerprint density at radius 1 is 1.04 bits per heavy atom. The van der Waals surface area contributed by atoms with Crippen LogP contribution in [0.5, 0.6) is 0 Å². The normalized spacial score (nSPS) is 27.9. The number of amides is 1. The third-order valence-corrected chi connectivity index (χ3v) is 6.96. The third kappa shape index (κ3) is 4.08. The lowest BCUT2D eigenvalue weighted by atomic mass is 9.81. The average molecular weight is 367 g/mol. The number of likely N-dealkylation sites (tertiary alicyclic amines) is 1. The fourth-order valence-electron chi connectivity index (χ4n) is 3.71. The monoisotopic (exact) mass is 367 g/mol. The fraction of sp³-hybridized carbons (Fsp3) is 0.556. The predicted molar refractivity (Wildman–Crippen MR) is 90.9 cm³/mol. The highest BCUT2D eigenvalue weighted by Gasteiger charge is 2.36. The topological polar surface area (TPSA) is 74.7 Å². The number of rotatable bonds is 4. The highest BCUT2D eigenvalue weighted by molar-refractivity contribution is 7.85. The molecule has 2 unspecified atom stereocenters. The van der Waals surface area contributed by atoms with Gasteiger partial charge in [0.25, 0.3) is 0 Å². The molecule has 5 nitrogen and oxygen atoms in total. The first-order valence-corrected chi connectivity index (χ1v) is 9.84. The summed E-state index contributed by atoms with van der Waals surface area (Å²) in [6.45, 7) is 1.02. The first kappa shape index (κ1) is 18.0. The number of carbonyl (C=O) groups excluding carboxylic acids is 1. The Hall–Kier alpha value is -1.76. The number of benzene rings is 1. The van der Waals surface area contributed by atoms with Gasteiger partial charge in [0.2, 0.25) is 5.91 Å². The van der Waals surface area contributed by atoms with Gasteiger partial charge in [0.1, 0.15) is 5.82 Å². The highest BCUT2D eigenvalue weighted by Crippen LogP contribution is 2.31. The van der Waals surface area contributed by atoms with Gasteiger partial charge >= 0.3 is 5.97 Å². The van der Waals surface area contributed by atoms with E-state index in [-0.39, 0.29) is 28.8 Å². The van der Waals surface area contributed by atoms with E-state index in [1.54, 1.807) is 4.90 Å². The lowest BCUT2D eigenvalue weighted by Gasteiger charge is -2.28. The van der Waals surface area contributed by atoms with Crippen molar-refractivity contribution in [3.05, 3.63) is 30.1 Å². The minimum atomic E-state index is -1.26. The van der Waals surface area contributed by atoms with Crippen molar-refractivity contribution in [3.63, 3.8) is 0 Å². The molecule has 1 aromatic rings. The molecule has 25 heavy (non-hydrogen) atoms. The number of aliphatic carboxylic acids is 1. The van der Waals surface area contributed by atoms with Crippen LogP contribution in [0.15, 0.2) is 29.2 Å². The predicted octanol–water partition coefficient (Wildman–Crippen LogP) is 2.43. The molecule has 1 N–H and O–H groups in total. The van der Waals surface area contributed by atoms with Crippen molar-refractivity contribution in [2.24, 2.45) is 11.8 Å². The lowest BCUT2D eigenvalue weighted by molar-refractivity contribution is -0.145. The average Bonchev–Trinajstić information content (AvgIpc) is 3.11. The minimum Gasteiger partial charge on any atom is -0.481 e. The van der Waals surface area contributed by atoms with Gasteiger partial charge in [-0.1, -0.05) is 0 Å². The zero-order chi connectivity index (χ0) is 18.0. The van der Waals surface area contributed by atoms with E-state index in [1.807, 2.05) is 0 Å². The zero-order valence-electron chi connectivity index (χ0n) is 13.9. The van der Waals surface area contributed by atoms with E-state index in [0.717, 1.165) is 0 Å². The number of halogens is 1. The standard InChI is InChI=1S/C18H22FNO4S/c19-14-5-7-15(8-6-14)25(24)16-9-10-20(11-16)17(21)12-1-3-13(4-2-12)18(22)23/h5-8,12-13,16H,1-4,9-11H2,(H,22,23). The molecule has 0 aromatic heterocycles. The molecule has 1 aliphatic carbocycles. The largest absolute Gasteiger partial charge is 0.481 e. The molecule has 0 bridgehead atoms. The second-order valence-corrected chi connectivity index (χ2v) is 8.57. The van der Waals surface area contributed by atoms with Gasteiger partial charge in [-0.3, -0.25) is 13.8 Å². The van der Waals surface area contributed by atoms with Crippen molar-refractivity contribution in [1.29, 1.82) is 0 Å². The summed E-state index contributed by atoms with van der Waals surface area (Å²) in [5, 5.41) is 8.91. The van der Waals surface area contributed by atoms with Crippen LogP contribution in [-0.2, 0) is 20.4 Å². The smallest absolute Gasteiger partial charge is 0.306 e. The summed E-state index contributed by atoms with van der Waals surface area (Å²) in [5.41, 5.74) is 0. The van der Waals surface area contributed by atoms with Crippen LogP contribution in [0.2, 0.25) is 0 Å². The van der Waals surface area contributed by atoms with Crippen LogP contribution in [-0.4, -0.2) is 44.4 Å². The molecule has 3 rings (SSSR count). The molecule has 1 aliphatic heterocycles. The summed E-state index contributed by atoms with van der Waals surface area (Å²) in [5.74, 6) is -1.53. The van der Waals surface area contributed by atoms with Crippen LogP contribution in [0.1, 0.15) is 32.1 Å². The van der Waals surface area contributed by atoms with Gasteiger partial charge in [0.05, 0.1) is 22.0 Å². The Balaban J connectivity index is 1.55. The van der Waals surface area contributed by atoms with Crippen molar-refractivity contribution >= 4 is 22.7 Å². The van der Waals surface area contributed by atoms with Crippen molar-refractivity contribution in [2.75, 3.05) is 13.1 Å². The molecule has 2 atom stereocenters. The van der Waals surface area contributed by atoms with Crippen LogP contribution in [0.4, 0.5) is 4.39 Å². The maximum Gasteiger partial charge on any atom is 0.306 e. The van der Waals surface area contributed by atoms with Gasteiger partial charge in [-0.2, -0.15) is 0 Å². The Kier molecular flexibility index (Phi) is 5.51. The van der Waals surface area contributed by atoms with E-state index in [9.17, 15) is 18.2 Å². The first-order chi connectivity index (χ1) is 12.0. The second kappa shape index (κ2) is 7.64. The number of nitrogens with zero attached hydrogens (tertiary/aromatic N) is 1. The van der Waals surface area contributed by atoms with Crippen LogP contribution >= 0.6 is 0 Å². The van der Waals surface area contributed by atoms with Gasteiger partial charge in [0.15, 0.2) is 0 Å². The van der Waals surface area contributed by atoms with E-state index in [2.05, 4.69) is 0 Å². The van der Waals surface area contributed by atoms with E-state index < -0.39 is 16.8 Å². The molecule has 2 fully saturated rings. The van der Waals surface area contributed by atoms with Crippen LogP contribution < -0.4 is 0 Å². The van der Waals surface area contributed by atoms with E-state index in [4.69, 9.17) is 5.11 Å². The molecule has 1 saturated heterocycles. The Morgan fingerprint density at radius 2 is 1.64 bits per heavy atom. The fourth-order valence-corrected chi connectivity index (χ4v) is 5.13. The quantitative estimate of drug-likeness (QED) is 0.887. The maximum absolute atomic E-state index is 13.0. The van der Waals surface area contributed by atoms with Gasteiger partial charge < -0.3 is 10.0 Å². The number of carboxylic acid groups (broad SMARTS) is 1. The van der Waals surface area contributed by atoms with E-state index in [0.29, 0.717) is 50.1 Å². The summed E-state index contributed by atoms with van der Waals surface area (Å²) < 4.78 is 25.6. The SMILES string of the molecule is O=C(O)C1CCC(C(=O)N2CCC(S(=O)c3ccc(F)cc3)C2)CC1. The van der Waals surface area contributed by atoms with E-state index >= 15 is 0 Å². The van der Waals surface area contributed by atoms with E-state index in [1.165, 1.54) is 24.3 Å². The summed E-state index contributed by atoms with van der Waals surface area (Å²) in [4.78, 5) is 26.0. The summed E-state index contributed by atoms with van der Waals surface area (Å²) in [7, 11) is -1.26. The molecular weight excluding hydrogens is 345 g/mol. The minimum absolute atomic E-state index is 0.0578. The zero-order valence-corrected chi connectivity index (χ0v) is 14.7. The van der Waals surface area contributed by atoms with Crippen LogP contribution in [0.25, 0.3) is 0 Å². The summed E-state index contributed by atoms with van der Waals surface area (Å²) in [6.07, 6.45) is 2.98. The Labute approximate surface area is 148 Å². The molecule has 1 saturated carbocycles. The molecule has 7 heteroatoms. The number of carboxylic acids is 1. The van der Waals surface area contributed by atoms with Gasteiger partial charge in [-0.25, -0.2) is 4.39 Å². The number of hydrogen-bond acceptors (Lipinski definition) is 3. The van der Waals surface area contributed by atoms with Gasteiger partial charge in [0, 0.05) is 23.9 Å². The van der Waals surface area contributed by atoms with Crippen molar-refractivity contribution in [2.45, 2.75) is 42.2 Å². The second-order valence-electron chi connectivity index (χ2n) is 6.83. The molecular formula is C18H22FNO4S. The van der Waals surface area contributed by atoms with Gasteiger partial charge in [-0.05, 0) is 56.4 Å². The molecule has 0 radical (unpaired) electrons. The molecule has 136 valence electrons. The van der Waals surface area contributed by atoms with Crippen molar-refractivity contribution in [1.82, 2.24) is 4.90 Å². The number of carbonyl (C=O) groups is 2. The Bertz CT molecular complexity index is 670. The first-order valence-electron chi connectivity index (χ1n) is 8.63. The lowest BCUT2D eigenvalue weighted by Crippen LogP contribution is -2.37. The van der Waals surface area contributed by atoms with Gasteiger partial charge in [-0.15, -0.1) is 0 Å². The molecule has 1 amide bonds. The summed E-state index contributed by atoms with van der Waals surface area (Å²) >= 11 is 0. The third-order valence-electron chi connectivity index (χ3n) is 5.23.